The topological polar surface area (TPSA) is 41.8 Å². The van der Waals surface area contributed by atoms with E-state index in [1.807, 2.05) is 6.92 Å². The van der Waals surface area contributed by atoms with Crippen LogP contribution in [0.2, 0.25) is 0 Å². The van der Waals surface area contributed by atoms with Gasteiger partial charge in [0.05, 0.1) is 0 Å². The molecule has 0 amide bonds. The quantitative estimate of drug-likeness (QED) is 0.789. The van der Waals surface area contributed by atoms with Gasteiger partial charge in [-0.1, -0.05) is 25.1 Å². The van der Waals surface area contributed by atoms with Gasteiger partial charge in [0.25, 0.3) is 0 Å². The fourth-order valence-electron chi connectivity index (χ4n) is 2.09. The number of fused-ring (bicyclic) bond motifs is 1. The summed E-state index contributed by atoms with van der Waals surface area (Å²) in [6.07, 6.45) is 4.09. The fraction of sp³-hybridized carbons (Fsp3) is 0.385. The zero-order valence-electron chi connectivity index (χ0n) is 9.38. The number of H-pyrrole nitrogens is 1. The van der Waals surface area contributed by atoms with E-state index < -0.39 is 0 Å². The maximum Gasteiger partial charge on any atom is 0.0489 e. The van der Waals surface area contributed by atoms with Crippen molar-refractivity contribution in [1.29, 1.82) is 0 Å². The lowest BCUT2D eigenvalue weighted by molar-refractivity contribution is 0.741. The number of hydrogen-bond acceptors (Lipinski definition) is 1. The molecule has 0 bridgehead atoms. The van der Waals surface area contributed by atoms with Crippen LogP contribution in [0.4, 0.5) is 0 Å². The molecule has 0 saturated carbocycles. The summed E-state index contributed by atoms with van der Waals surface area (Å²) < 4.78 is 0. The molecule has 3 N–H and O–H groups in total. The highest BCUT2D eigenvalue weighted by molar-refractivity contribution is 5.86. The van der Waals surface area contributed by atoms with Gasteiger partial charge in [-0.05, 0) is 30.9 Å². The Labute approximate surface area is 90.5 Å². The second-order valence-electron chi connectivity index (χ2n) is 4.19. The monoisotopic (exact) mass is 202 g/mol. The Bertz CT molecular complexity index is 455. The molecule has 0 saturated heterocycles. The van der Waals surface area contributed by atoms with Gasteiger partial charge in [0.15, 0.2) is 0 Å². The molecule has 0 unspecified atom stereocenters. The van der Waals surface area contributed by atoms with Crippen LogP contribution < -0.4 is 5.73 Å². The van der Waals surface area contributed by atoms with E-state index in [-0.39, 0.29) is 6.04 Å². The Hall–Kier alpha value is -1.28. The minimum Gasteiger partial charge on any atom is -0.361 e. The van der Waals surface area contributed by atoms with Crippen LogP contribution in [-0.4, -0.2) is 11.0 Å². The van der Waals surface area contributed by atoms with E-state index in [1.54, 1.807) is 0 Å². The molecule has 0 aliphatic rings. The summed E-state index contributed by atoms with van der Waals surface area (Å²) in [5.74, 6) is 0. The molecule has 1 atom stereocenters. The minimum absolute atomic E-state index is 0.217. The highest BCUT2D eigenvalue weighted by atomic mass is 14.7. The van der Waals surface area contributed by atoms with Gasteiger partial charge in [-0.15, -0.1) is 0 Å². The first-order chi connectivity index (χ1) is 7.22. The van der Waals surface area contributed by atoms with Crippen LogP contribution in [0.1, 0.15) is 25.0 Å². The number of hydrogen-bond donors (Lipinski definition) is 2. The van der Waals surface area contributed by atoms with Crippen molar-refractivity contribution < 1.29 is 0 Å². The van der Waals surface area contributed by atoms with Crippen LogP contribution in [0.25, 0.3) is 10.9 Å². The van der Waals surface area contributed by atoms with Crippen molar-refractivity contribution in [3.63, 3.8) is 0 Å². The summed E-state index contributed by atoms with van der Waals surface area (Å²) in [4.78, 5) is 3.36. The van der Waals surface area contributed by atoms with E-state index >= 15 is 0 Å². The molecule has 80 valence electrons. The molecule has 2 aromatic rings. The number of aryl methyl sites for hydroxylation is 1. The third-order valence-electron chi connectivity index (χ3n) is 2.81. The number of rotatable bonds is 3. The zero-order chi connectivity index (χ0) is 10.8. The average Bonchev–Trinajstić information content (AvgIpc) is 2.61. The first-order valence-electron chi connectivity index (χ1n) is 5.55. The number of para-hydroxylation sites is 1. The summed E-state index contributed by atoms with van der Waals surface area (Å²) in [6.45, 7) is 4.23. The van der Waals surface area contributed by atoms with Crippen molar-refractivity contribution in [1.82, 2.24) is 4.98 Å². The molecule has 0 aliphatic carbocycles. The maximum absolute atomic E-state index is 5.83. The molecule has 1 aromatic heterocycles. The van der Waals surface area contributed by atoms with Crippen LogP contribution >= 0.6 is 0 Å². The molecule has 2 heteroatoms. The van der Waals surface area contributed by atoms with E-state index in [2.05, 4.69) is 36.3 Å². The Morgan fingerprint density at radius 1 is 1.33 bits per heavy atom. The Morgan fingerprint density at radius 2 is 2.13 bits per heavy atom. The molecule has 15 heavy (non-hydrogen) atoms. The van der Waals surface area contributed by atoms with E-state index in [4.69, 9.17) is 5.73 Å². The Kier molecular flexibility index (Phi) is 2.78. The summed E-state index contributed by atoms with van der Waals surface area (Å²) >= 11 is 0. The highest BCUT2D eigenvalue weighted by Crippen LogP contribution is 2.22. The molecule has 0 radical (unpaired) electrons. The number of nitrogens with two attached hydrogens (primary N) is 1. The second kappa shape index (κ2) is 4.07. The molecular formula is C13H18N2. The first-order valence-corrected chi connectivity index (χ1v) is 5.55. The third-order valence-corrected chi connectivity index (χ3v) is 2.81. The van der Waals surface area contributed by atoms with Crippen LogP contribution in [0.5, 0.6) is 0 Å². The maximum atomic E-state index is 5.83. The van der Waals surface area contributed by atoms with E-state index in [1.165, 1.54) is 22.0 Å². The lowest BCUT2D eigenvalue weighted by Crippen LogP contribution is -2.17. The number of benzene rings is 1. The van der Waals surface area contributed by atoms with Crippen LogP contribution in [0, 0.1) is 0 Å². The van der Waals surface area contributed by atoms with Crippen LogP contribution in [0.15, 0.2) is 24.4 Å². The summed E-state index contributed by atoms with van der Waals surface area (Å²) in [7, 11) is 0. The van der Waals surface area contributed by atoms with Crippen molar-refractivity contribution in [2.75, 3.05) is 0 Å². The second-order valence-corrected chi connectivity index (χ2v) is 4.19. The van der Waals surface area contributed by atoms with Gasteiger partial charge in [-0.3, -0.25) is 0 Å². The van der Waals surface area contributed by atoms with Crippen LogP contribution in [-0.2, 0) is 12.8 Å². The molecule has 0 spiro atoms. The molecule has 0 fully saturated rings. The Morgan fingerprint density at radius 3 is 2.80 bits per heavy atom. The molecule has 1 heterocycles. The zero-order valence-corrected chi connectivity index (χ0v) is 9.38. The summed E-state index contributed by atoms with van der Waals surface area (Å²) in [5, 5.41) is 1.33. The van der Waals surface area contributed by atoms with Gasteiger partial charge in [-0.2, -0.15) is 0 Å². The van der Waals surface area contributed by atoms with E-state index in [0.29, 0.717) is 0 Å². The van der Waals surface area contributed by atoms with Crippen molar-refractivity contribution in [2.24, 2.45) is 5.73 Å². The summed E-state index contributed by atoms with van der Waals surface area (Å²) in [5.41, 5.74) is 9.81. The lowest BCUT2D eigenvalue weighted by atomic mass is 10.0. The SMILES string of the molecule is CCc1cccc2c(C[C@H](C)N)c[nH]c12. The van der Waals surface area contributed by atoms with Crippen molar-refractivity contribution in [3.05, 3.63) is 35.5 Å². The number of nitrogens with one attached hydrogen (secondary N) is 1. The highest BCUT2D eigenvalue weighted by Gasteiger charge is 2.07. The molecular weight excluding hydrogens is 184 g/mol. The van der Waals surface area contributed by atoms with Gasteiger partial charge < -0.3 is 10.7 Å². The molecule has 2 nitrogen and oxygen atoms in total. The van der Waals surface area contributed by atoms with Gasteiger partial charge in [-0.25, -0.2) is 0 Å². The van der Waals surface area contributed by atoms with Gasteiger partial charge in [0, 0.05) is 23.1 Å². The predicted molar refractivity (Wildman–Crippen MR) is 65.0 cm³/mol. The van der Waals surface area contributed by atoms with Crippen molar-refractivity contribution in [3.8, 4) is 0 Å². The largest absolute Gasteiger partial charge is 0.361 e. The normalized spacial score (nSPS) is 13.3. The predicted octanol–water partition coefficient (Wildman–Crippen LogP) is 2.62. The lowest BCUT2D eigenvalue weighted by Gasteiger charge is -2.04. The number of aromatic nitrogens is 1. The Balaban J connectivity index is 2.51. The molecule has 2 rings (SSSR count). The summed E-state index contributed by atoms with van der Waals surface area (Å²) in [6, 6.07) is 6.69. The smallest absolute Gasteiger partial charge is 0.0489 e. The number of aromatic amines is 1. The minimum atomic E-state index is 0.217. The standard InChI is InChI=1S/C13H18N2/c1-3-10-5-4-6-12-11(7-9(2)14)8-15-13(10)12/h4-6,8-9,15H,3,7,14H2,1-2H3/t9-/m0/s1. The van der Waals surface area contributed by atoms with Gasteiger partial charge in [0.1, 0.15) is 0 Å². The third kappa shape index (κ3) is 1.90. The van der Waals surface area contributed by atoms with E-state index in [0.717, 1.165) is 12.8 Å². The molecule has 1 aromatic carbocycles. The fourth-order valence-corrected chi connectivity index (χ4v) is 2.09. The first kappa shape index (κ1) is 10.2. The van der Waals surface area contributed by atoms with Crippen LogP contribution in [0.3, 0.4) is 0 Å². The van der Waals surface area contributed by atoms with Crippen molar-refractivity contribution in [2.45, 2.75) is 32.7 Å². The van der Waals surface area contributed by atoms with E-state index in [9.17, 15) is 0 Å². The van der Waals surface area contributed by atoms with Gasteiger partial charge >= 0.3 is 0 Å². The average molecular weight is 202 g/mol. The molecule has 0 aliphatic heterocycles. The van der Waals surface area contributed by atoms with Crippen molar-refractivity contribution >= 4 is 10.9 Å². The van der Waals surface area contributed by atoms with Gasteiger partial charge in [0.2, 0.25) is 0 Å².